The molecule has 0 aliphatic carbocycles. The monoisotopic (exact) mass is 312 g/mol. The molecular formula is C16H24O6. The van der Waals surface area contributed by atoms with Gasteiger partial charge in [-0.3, -0.25) is 4.79 Å². The third-order valence-electron chi connectivity index (χ3n) is 2.55. The van der Waals surface area contributed by atoms with E-state index in [-0.39, 0.29) is 32.7 Å². The Morgan fingerprint density at radius 1 is 0.818 bits per heavy atom. The summed E-state index contributed by atoms with van der Waals surface area (Å²) in [6.07, 6.45) is 4.94. The van der Waals surface area contributed by atoms with Crippen LogP contribution >= 0.6 is 0 Å². The maximum atomic E-state index is 11.1. The maximum Gasteiger partial charge on any atom is 0.371 e. The second-order valence-corrected chi connectivity index (χ2v) is 4.64. The van der Waals surface area contributed by atoms with E-state index in [0.29, 0.717) is 19.8 Å². The van der Waals surface area contributed by atoms with Gasteiger partial charge in [-0.15, -0.1) is 19.7 Å². The average Bonchev–Trinajstić information content (AvgIpc) is 2.53. The number of ether oxygens (including phenoxy) is 4. The molecule has 0 aromatic heterocycles. The molecule has 0 aliphatic heterocycles. The summed E-state index contributed by atoms with van der Waals surface area (Å²) in [6.45, 7) is 12.3. The summed E-state index contributed by atoms with van der Waals surface area (Å²) in [7, 11) is 0. The van der Waals surface area contributed by atoms with Crippen LogP contribution in [-0.4, -0.2) is 58.5 Å². The van der Waals surface area contributed by atoms with Gasteiger partial charge >= 0.3 is 5.97 Å². The lowest BCUT2D eigenvalue weighted by atomic mass is 9.92. The molecule has 0 aromatic rings. The van der Waals surface area contributed by atoms with Crippen molar-refractivity contribution in [2.45, 2.75) is 0 Å². The van der Waals surface area contributed by atoms with Crippen LogP contribution in [-0.2, 0) is 28.5 Å². The average molecular weight is 312 g/mol. The number of hydrogen-bond acceptors (Lipinski definition) is 6. The highest BCUT2D eigenvalue weighted by atomic mass is 16.5. The van der Waals surface area contributed by atoms with E-state index >= 15 is 0 Å². The lowest BCUT2D eigenvalue weighted by Crippen LogP contribution is -2.42. The second-order valence-electron chi connectivity index (χ2n) is 4.64. The van der Waals surface area contributed by atoms with Crippen molar-refractivity contribution in [1.29, 1.82) is 0 Å². The van der Waals surface area contributed by atoms with Gasteiger partial charge in [-0.1, -0.05) is 18.2 Å². The summed E-state index contributed by atoms with van der Waals surface area (Å²) < 4.78 is 21.3. The largest absolute Gasteiger partial charge is 0.459 e. The van der Waals surface area contributed by atoms with Crippen LogP contribution in [0.15, 0.2) is 38.0 Å². The number of carbonyl (C=O) groups is 2. The van der Waals surface area contributed by atoms with Crippen molar-refractivity contribution >= 4 is 12.3 Å². The van der Waals surface area contributed by atoms with E-state index in [9.17, 15) is 9.59 Å². The summed E-state index contributed by atoms with van der Waals surface area (Å²) in [4.78, 5) is 21.5. The molecular weight excluding hydrogens is 288 g/mol. The second kappa shape index (κ2) is 12.9. The molecule has 0 heterocycles. The van der Waals surface area contributed by atoms with Gasteiger partial charge in [0.15, 0.2) is 0 Å². The van der Waals surface area contributed by atoms with Crippen LogP contribution in [0.25, 0.3) is 0 Å². The van der Waals surface area contributed by atoms with Crippen molar-refractivity contribution < 1.29 is 28.5 Å². The normalized spacial score (nSPS) is 10.7. The first-order valence-electron chi connectivity index (χ1n) is 6.82. The Morgan fingerprint density at radius 3 is 1.55 bits per heavy atom. The topological polar surface area (TPSA) is 71.1 Å². The van der Waals surface area contributed by atoms with Crippen LogP contribution in [0, 0.1) is 5.41 Å². The number of esters is 1. The molecule has 0 N–H and O–H groups in total. The molecule has 0 bridgehead atoms. The van der Waals surface area contributed by atoms with E-state index < -0.39 is 11.4 Å². The smallest absolute Gasteiger partial charge is 0.371 e. The standard InChI is InChI=1S/C16H24O6/c1-4-7-19-11-16(12-20-8-5-2,13-21-9-6-3)14-22-15(18)10-17/h4-6,10H,1-3,7-9,11-14H2. The maximum absolute atomic E-state index is 11.1. The minimum Gasteiger partial charge on any atom is -0.459 e. The molecule has 6 heteroatoms. The SMILES string of the molecule is C=CCOCC(COCC=C)(COCC=C)COC(=O)C=O. The Labute approximate surface area is 131 Å². The van der Waals surface area contributed by atoms with Gasteiger partial charge in [0.05, 0.1) is 45.1 Å². The van der Waals surface area contributed by atoms with Crippen LogP contribution in [0.1, 0.15) is 0 Å². The first-order valence-corrected chi connectivity index (χ1v) is 6.82. The van der Waals surface area contributed by atoms with E-state index in [2.05, 4.69) is 19.7 Å². The van der Waals surface area contributed by atoms with Crippen molar-refractivity contribution in [2.75, 3.05) is 46.2 Å². The van der Waals surface area contributed by atoms with Gasteiger partial charge in [0, 0.05) is 0 Å². The zero-order valence-corrected chi connectivity index (χ0v) is 12.8. The fourth-order valence-corrected chi connectivity index (χ4v) is 1.58. The predicted molar refractivity (Wildman–Crippen MR) is 82.5 cm³/mol. The van der Waals surface area contributed by atoms with Gasteiger partial charge in [0.25, 0.3) is 0 Å². The molecule has 0 aromatic carbocycles. The van der Waals surface area contributed by atoms with Crippen molar-refractivity contribution in [1.82, 2.24) is 0 Å². The summed E-state index contributed by atoms with van der Waals surface area (Å²) in [5.74, 6) is -0.944. The van der Waals surface area contributed by atoms with Gasteiger partial charge < -0.3 is 18.9 Å². The molecule has 124 valence electrons. The fourth-order valence-electron chi connectivity index (χ4n) is 1.58. The summed E-state index contributed by atoms with van der Waals surface area (Å²) in [5, 5.41) is 0. The minimum absolute atomic E-state index is 0.0595. The fraction of sp³-hybridized carbons (Fsp3) is 0.500. The summed E-state index contributed by atoms with van der Waals surface area (Å²) in [6, 6.07) is 0. The Kier molecular flexibility index (Phi) is 11.9. The van der Waals surface area contributed by atoms with Gasteiger partial charge in [0.2, 0.25) is 6.29 Å². The summed E-state index contributed by atoms with van der Waals surface area (Å²) >= 11 is 0. The molecule has 0 aliphatic rings. The Hall–Kier alpha value is -1.76. The number of carbonyl (C=O) groups excluding carboxylic acids is 2. The quantitative estimate of drug-likeness (QED) is 0.149. The summed E-state index contributed by atoms with van der Waals surface area (Å²) in [5.41, 5.74) is -0.728. The Balaban J connectivity index is 4.84. The van der Waals surface area contributed by atoms with Gasteiger partial charge in [-0.2, -0.15) is 0 Å². The van der Waals surface area contributed by atoms with E-state index in [4.69, 9.17) is 18.9 Å². The van der Waals surface area contributed by atoms with Crippen molar-refractivity contribution in [3.05, 3.63) is 38.0 Å². The van der Waals surface area contributed by atoms with Crippen molar-refractivity contribution in [3.8, 4) is 0 Å². The van der Waals surface area contributed by atoms with Gasteiger partial charge in [-0.05, 0) is 0 Å². The Morgan fingerprint density at radius 2 is 1.23 bits per heavy atom. The lowest BCUT2D eigenvalue weighted by Gasteiger charge is -2.32. The number of aldehydes is 1. The van der Waals surface area contributed by atoms with Gasteiger partial charge in [0.1, 0.15) is 6.61 Å². The van der Waals surface area contributed by atoms with Crippen LogP contribution in [0.3, 0.4) is 0 Å². The minimum atomic E-state index is -0.944. The van der Waals surface area contributed by atoms with Crippen LogP contribution in [0.5, 0.6) is 0 Å². The lowest BCUT2D eigenvalue weighted by molar-refractivity contribution is -0.157. The molecule has 0 radical (unpaired) electrons. The molecule has 0 fully saturated rings. The predicted octanol–water partition coefficient (Wildman–Crippen LogP) is 1.32. The zero-order valence-electron chi connectivity index (χ0n) is 12.8. The van der Waals surface area contributed by atoms with Crippen LogP contribution in [0.2, 0.25) is 0 Å². The van der Waals surface area contributed by atoms with Crippen molar-refractivity contribution in [2.24, 2.45) is 5.41 Å². The van der Waals surface area contributed by atoms with E-state index in [0.717, 1.165) is 0 Å². The highest BCUT2D eigenvalue weighted by Crippen LogP contribution is 2.21. The molecule has 0 amide bonds. The molecule has 0 spiro atoms. The molecule has 0 unspecified atom stereocenters. The zero-order chi connectivity index (χ0) is 16.7. The van der Waals surface area contributed by atoms with E-state index in [1.165, 1.54) is 0 Å². The number of rotatable bonds is 15. The molecule has 0 saturated heterocycles. The van der Waals surface area contributed by atoms with Crippen molar-refractivity contribution in [3.63, 3.8) is 0 Å². The molecule has 0 saturated carbocycles. The van der Waals surface area contributed by atoms with E-state index in [1.807, 2.05) is 0 Å². The van der Waals surface area contributed by atoms with Crippen LogP contribution < -0.4 is 0 Å². The van der Waals surface area contributed by atoms with Crippen LogP contribution in [0.4, 0.5) is 0 Å². The molecule has 6 nitrogen and oxygen atoms in total. The third kappa shape index (κ3) is 9.23. The number of hydrogen-bond donors (Lipinski definition) is 0. The van der Waals surface area contributed by atoms with E-state index in [1.54, 1.807) is 18.2 Å². The highest BCUT2D eigenvalue weighted by Gasteiger charge is 2.33. The van der Waals surface area contributed by atoms with Gasteiger partial charge in [-0.25, -0.2) is 4.79 Å². The molecule has 22 heavy (non-hydrogen) atoms. The molecule has 0 rings (SSSR count). The first kappa shape index (κ1) is 20.2. The third-order valence-corrected chi connectivity index (χ3v) is 2.55. The Bertz CT molecular complexity index is 328. The molecule has 0 atom stereocenters. The highest BCUT2D eigenvalue weighted by molar-refractivity contribution is 6.20. The first-order chi connectivity index (χ1) is 10.6.